The lowest BCUT2D eigenvalue weighted by Gasteiger charge is -2.49. The molecule has 0 unspecified atom stereocenters. The van der Waals surface area contributed by atoms with E-state index >= 15 is 0 Å². The molecule has 0 radical (unpaired) electrons. The number of fused-ring (bicyclic) bond motifs is 2. The number of aliphatic hydroxyl groups excluding tert-OH is 1. The molecule has 0 saturated carbocycles. The molecule has 2 amide bonds. The Morgan fingerprint density at radius 1 is 0.973 bits per heavy atom. The molecule has 0 aliphatic carbocycles. The number of carbonyl (C=O) groups is 4. The maximum atomic E-state index is 14.8. The number of rotatable bonds is 14. The number of ether oxygens (including phenoxy) is 9. The Morgan fingerprint density at radius 2 is 1.68 bits per heavy atom. The first-order valence-electron chi connectivity index (χ1n) is 26.4. The highest BCUT2D eigenvalue weighted by atomic mass is 16.8. The molecule has 0 spiro atoms. The molecule has 1 aromatic carbocycles. The minimum atomic E-state index is -1.63. The van der Waals surface area contributed by atoms with Gasteiger partial charge in [-0.2, -0.15) is 0 Å². The Bertz CT molecular complexity index is 2090. The van der Waals surface area contributed by atoms with Crippen molar-refractivity contribution in [2.75, 3.05) is 47.9 Å². The third-order valence-corrected chi connectivity index (χ3v) is 16.1. The van der Waals surface area contributed by atoms with Crippen molar-refractivity contribution in [3.63, 3.8) is 0 Å². The van der Waals surface area contributed by atoms with E-state index in [0.29, 0.717) is 31.5 Å². The summed E-state index contributed by atoms with van der Waals surface area (Å²) >= 11 is 0. The van der Waals surface area contributed by atoms with Crippen molar-refractivity contribution in [1.29, 1.82) is 0 Å². The number of aliphatic hydroxyl groups is 2. The van der Waals surface area contributed by atoms with E-state index in [0.717, 1.165) is 11.1 Å². The number of hydrogen-bond acceptors (Lipinski definition) is 19. The van der Waals surface area contributed by atoms with Crippen LogP contribution < -0.4 is 16.1 Å². The van der Waals surface area contributed by atoms with Crippen LogP contribution >= 0.6 is 0 Å². The SMILES string of the molecule is CC[C@H]1OC(=O)[C@H](C)[C@@H](O[C@H]2C[C@@](C)(OC)[C@@H](OC(=O)NCCNC(=O)CCc3cccc4c3B(O)OC4)[C@H](C)O2)[C@H](C)[C@@H](O[C@@H]2O[C@H](C)C[C@@H](N(C)C)[C@H]2O)[C@](C)(O)C[C@@H](C)CN(C)[C@H](C)[C@H]2OC(=O)O[C@@]21C. The van der Waals surface area contributed by atoms with Crippen LogP contribution in [0.15, 0.2) is 18.2 Å². The Morgan fingerprint density at radius 3 is 2.35 bits per heavy atom. The number of carbonyl (C=O) groups excluding carboxylic acids is 4. The molecule has 0 aromatic heterocycles. The predicted molar refractivity (Wildman–Crippen MR) is 270 cm³/mol. The number of esters is 1. The van der Waals surface area contributed by atoms with E-state index in [4.69, 9.17) is 47.3 Å². The molecule has 5 N–H and O–H groups in total. The number of alkyl carbamates (subject to hydrolysis) is 1. The predicted octanol–water partition coefficient (Wildman–Crippen LogP) is 2.78. The molecule has 0 bridgehead atoms. The second-order valence-electron chi connectivity index (χ2n) is 22.4. The molecule has 5 heterocycles. The topological polar surface area (TPSA) is 252 Å². The van der Waals surface area contributed by atoms with Crippen LogP contribution in [0.25, 0.3) is 0 Å². The first-order chi connectivity index (χ1) is 34.7. The van der Waals surface area contributed by atoms with Gasteiger partial charge < -0.3 is 78.1 Å². The van der Waals surface area contributed by atoms with Gasteiger partial charge in [0.05, 0.1) is 42.5 Å². The van der Waals surface area contributed by atoms with E-state index in [1.807, 2.05) is 83.8 Å². The maximum absolute atomic E-state index is 14.8. The Kier molecular flexibility index (Phi) is 19.9. The number of hydrogen-bond donors (Lipinski definition) is 5. The highest BCUT2D eigenvalue weighted by Crippen LogP contribution is 2.42. The van der Waals surface area contributed by atoms with Crippen molar-refractivity contribution in [3.05, 3.63) is 29.3 Å². The van der Waals surface area contributed by atoms with Crippen LogP contribution in [0.3, 0.4) is 0 Å². The summed E-state index contributed by atoms with van der Waals surface area (Å²) in [5, 5.41) is 40.3. The van der Waals surface area contributed by atoms with Gasteiger partial charge in [-0.1, -0.05) is 39.0 Å². The highest BCUT2D eigenvalue weighted by molar-refractivity contribution is 6.62. The summed E-state index contributed by atoms with van der Waals surface area (Å²) in [6.45, 7) is 19.0. The monoisotopic (exact) mass is 1050 g/mol. The number of methoxy groups -OCH3 is 1. The minimum absolute atomic E-state index is 0.0148. The van der Waals surface area contributed by atoms with Crippen LogP contribution in [0.5, 0.6) is 0 Å². The van der Waals surface area contributed by atoms with Crippen molar-refractivity contribution >= 4 is 36.7 Å². The van der Waals surface area contributed by atoms with Crippen LogP contribution in [0, 0.1) is 17.8 Å². The van der Waals surface area contributed by atoms with Crippen molar-refractivity contribution in [3.8, 4) is 0 Å². The molecule has 6 rings (SSSR count). The molecule has 22 heteroatoms. The van der Waals surface area contributed by atoms with Gasteiger partial charge in [-0.05, 0) is 118 Å². The third-order valence-electron chi connectivity index (χ3n) is 16.1. The molecule has 1 aromatic rings. The van der Waals surface area contributed by atoms with E-state index < -0.39 is 115 Å². The van der Waals surface area contributed by atoms with E-state index in [1.165, 1.54) is 7.11 Å². The van der Waals surface area contributed by atoms with E-state index in [9.17, 15) is 34.4 Å². The van der Waals surface area contributed by atoms with Crippen molar-refractivity contribution in [2.24, 2.45) is 17.8 Å². The first-order valence-corrected chi connectivity index (χ1v) is 26.4. The Labute approximate surface area is 437 Å². The fraction of sp³-hybridized carbons (Fsp3) is 0.808. The smallest absolute Gasteiger partial charge is 0.458 e. The lowest BCUT2D eigenvalue weighted by molar-refractivity contribution is -0.317. The molecular weight excluding hydrogens is 963 g/mol. The lowest BCUT2D eigenvalue weighted by Crippen LogP contribution is -2.61. The maximum Gasteiger partial charge on any atom is 0.509 e. The van der Waals surface area contributed by atoms with Gasteiger partial charge in [0.25, 0.3) is 0 Å². The Balaban J connectivity index is 1.21. The summed E-state index contributed by atoms with van der Waals surface area (Å²) in [5.41, 5.74) is -1.75. The minimum Gasteiger partial charge on any atom is -0.458 e. The van der Waals surface area contributed by atoms with Crippen LogP contribution in [0.2, 0.25) is 0 Å². The second-order valence-corrected chi connectivity index (χ2v) is 22.4. The van der Waals surface area contributed by atoms with Gasteiger partial charge in [0, 0.05) is 57.6 Å². The van der Waals surface area contributed by atoms with Gasteiger partial charge in [-0.15, -0.1) is 0 Å². The van der Waals surface area contributed by atoms with Crippen LogP contribution in [0.1, 0.15) is 112 Å². The Hall–Kier alpha value is -3.68. The zero-order valence-corrected chi connectivity index (χ0v) is 46.0. The molecule has 5 aliphatic heterocycles. The summed E-state index contributed by atoms with van der Waals surface area (Å²) in [5.74, 6) is -3.01. The largest absolute Gasteiger partial charge is 0.509 e. The zero-order chi connectivity index (χ0) is 54.6. The van der Waals surface area contributed by atoms with Gasteiger partial charge in [0.2, 0.25) is 5.91 Å². The van der Waals surface area contributed by atoms with Gasteiger partial charge in [-0.25, -0.2) is 9.59 Å². The van der Waals surface area contributed by atoms with Crippen molar-refractivity contribution in [2.45, 2.75) is 205 Å². The average Bonchev–Trinajstić information content (AvgIpc) is 3.88. The summed E-state index contributed by atoms with van der Waals surface area (Å²) in [4.78, 5) is 57.7. The van der Waals surface area contributed by atoms with Gasteiger partial charge in [-0.3, -0.25) is 14.5 Å². The van der Waals surface area contributed by atoms with Crippen molar-refractivity contribution in [1.82, 2.24) is 20.4 Å². The van der Waals surface area contributed by atoms with Gasteiger partial charge >= 0.3 is 25.3 Å². The summed E-state index contributed by atoms with van der Waals surface area (Å²) in [7, 11) is 6.12. The van der Waals surface area contributed by atoms with Crippen LogP contribution in [-0.4, -0.2) is 194 Å². The number of aryl methyl sites for hydroxylation is 1. The van der Waals surface area contributed by atoms with Gasteiger partial charge in [0.15, 0.2) is 30.4 Å². The molecule has 74 heavy (non-hydrogen) atoms. The molecular formula is C52H85BN4O17. The third kappa shape index (κ3) is 13.5. The van der Waals surface area contributed by atoms with E-state index in [-0.39, 0.29) is 62.7 Å². The number of nitrogens with one attached hydrogen (secondary N) is 2. The number of amides is 2. The van der Waals surface area contributed by atoms with E-state index in [2.05, 4.69) is 10.6 Å². The standard InChI is InChI=1S/C52H85BN4O17/c1-15-37-52(10)44(73-49(62)74-52)32(6)57(13)26-28(2)24-50(8,63)43(71-47-41(59)36(56(11)12)23-29(3)67-47)30(4)42(31(5)46(60)69-37)70-39-25-51(9,65-14)45(33(7)68-39)72-48(61)55-22-21-54-38(58)20-19-34-17-16-18-35-27-66-53(64)40(34)35/h16-18,28-33,36-37,39,41-45,47,59,63-64H,15,19-27H2,1-14H3,(H,54,58)(H,55,61)/t28-,29-,30+,31-,32-,33+,36-,37-,39+,41-,42+,43-,44-,45+,47+,50-,51-,52-/m1/s1. The fourth-order valence-corrected chi connectivity index (χ4v) is 12.0. The fourth-order valence-electron chi connectivity index (χ4n) is 12.0. The average molecular weight is 1050 g/mol. The second kappa shape index (κ2) is 24.8. The molecule has 4 fully saturated rings. The molecule has 4 saturated heterocycles. The van der Waals surface area contributed by atoms with Crippen LogP contribution in [0.4, 0.5) is 9.59 Å². The molecule has 418 valence electrons. The van der Waals surface area contributed by atoms with Crippen molar-refractivity contribution < 1.29 is 81.7 Å². The van der Waals surface area contributed by atoms with E-state index in [1.54, 1.807) is 34.6 Å². The number of cyclic esters (lactones) is 1. The summed E-state index contributed by atoms with van der Waals surface area (Å²) in [6.07, 6.45) is -9.46. The molecule has 18 atom stereocenters. The lowest BCUT2D eigenvalue weighted by atomic mass is 9.75. The number of nitrogens with zero attached hydrogens (tertiary/aromatic N) is 2. The number of benzene rings is 1. The first kappa shape index (κ1) is 59.6. The summed E-state index contributed by atoms with van der Waals surface area (Å²) in [6, 6.07) is 4.90. The molecule has 21 nitrogen and oxygen atoms in total. The number of likely N-dealkylation sites (N-methyl/N-ethyl adjacent to an activating group) is 2. The quantitative estimate of drug-likeness (QED) is 0.0778. The van der Waals surface area contributed by atoms with Crippen LogP contribution in [-0.2, 0) is 69.9 Å². The zero-order valence-electron chi connectivity index (χ0n) is 46.0. The summed E-state index contributed by atoms with van der Waals surface area (Å²) < 4.78 is 62.0. The van der Waals surface area contributed by atoms with Gasteiger partial charge in [0.1, 0.15) is 17.8 Å². The molecule has 5 aliphatic rings. The normalized spacial score (nSPS) is 39.4. The highest BCUT2D eigenvalue weighted by Gasteiger charge is 2.58.